The number of hydrogen-bond acceptors (Lipinski definition) is 6. The van der Waals surface area contributed by atoms with E-state index >= 15 is 0 Å². The second-order valence-electron chi connectivity index (χ2n) is 6.57. The van der Waals surface area contributed by atoms with Crippen LogP contribution in [0, 0.1) is 5.92 Å². The van der Waals surface area contributed by atoms with Crippen molar-refractivity contribution in [2.45, 2.75) is 13.5 Å². The fraction of sp³-hybridized carbons (Fsp3) is 0.174. The molecule has 0 N–H and O–H groups in total. The van der Waals surface area contributed by atoms with Crippen LogP contribution in [-0.4, -0.2) is 24.6 Å². The van der Waals surface area contributed by atoms with Gasteiger partial charge in [-0.15, -0.1) is 0 Å². The van der Waals surface area contributed by atoms with Gasteiger partial charge < -0.3 is 14.2 Å². The second kappa shape index (κ2) is 9.41. The zero-order chi connectivity index (χ0) is 21.7. The van der Waals surface area contributed by atoms with Gasteiger partial charge in [0.15, 0.2) is 29.0 Å². The first-order valence-electron chi connectivity index (χ1n) is 9.08. The van der Waals surface area contributed by atoms with Crippen molar-refractivity contribution in [3.8, 4) is 11.5 Å². The Morgan fingerprint density at radius 3 is 2.53 bits per heavy atom. The normalized spacial score (nSPS) is 16.2. The van der Waals surface area contributed by atoms with Crippen molar-refractivity contribution in [3.63, 3.8) is 0 Å². The topological polar surface area (TPSA) is 78.9 Å². The van der Waals surface area contributed by atoms with Gasteiger partial charge >= 0.3 is 5.97 Å². The van der Waals surface area contributed by atoms with Crippen LogP contribution in [0.1, 0.15) is 18.1 Å². The quantitative estimate of drug-likeness (QED) is 0.376. The predicted molar refractivity (Wildman–Crippen MR) is 111 cm³/mol. The molecule has 0 spiro atoms. The molecule has 154 valence electrons. The molecule has 1 heterocycles. The number of allylic oxidation sites excluding steroid dienone is 3. The third-order valence-corrected chi connectivity index (χ3v) is 4.60. The van der Waals surface area contributed by atoms with Crippen LogP contribution in [0.4, 0.5) is 0 Å². The molecule has 1 atom stereocenters. The average molecular weight is 427 g/mol. The molecule has 30 heavy (non-hydrogen) atoms. The van der Waals surface area contributed by atoms with Crippen LogP contribution < -0.4 is 9.47 Å². The molecule has 1 unspecified atom stereocenters. The summed E-state index contributed by atoms with van der Waals surface area (Å²) in [6.07, 6.45) is 3.83. The number of rotatable bonds is 7. The number of carbonyl (C=O) groups is 3. The number of benzene rings is 2. The van der Waals surface area contributed by atoms with Crippen molar-refractivity contribution < 1.29 is 28.6 Å². The third kappa shape index (κ3) is 5.15. The van der Waals surface area contributed by atoms with Gasteiger partial charge in [-0.3, -0.25) is 14.4 Å². The van der Waals surface area contributed by atoms with E-state index in [9.17, 15) is 14.4 Å². The Kier molecular flexibility index (Phi) is 6.69. The van der Waals surface area contributed by atoms with Crippen LogP contribution in [0.2, 0.25) is 5.02 Å². The van der Waals surface area contributed by atoms with Gasteiger partial charge in [0, 0.05) is 11.1 Å². The van der Waals surface area contributed by atoms with Gasteiger partial charge in [0.05, 0.1) is 7.11 Å². The molecule has 0 saturated carbocycles. The van der Waals surface area contributed by atoms with E-state index in [0.717, 1.165) is 11.6 Å². The number of cyclic esters (lactones) is 1. The van der Waals surface area contributed by atoms with E-state index in [1.165, 1.54) is 26.2 Å². The first-order valence-corrected chi connectivity index (χ1v) is 9.46. The summed E-state index contributed by atoms with van der Waals surface area (Å²) in [5.74, 6) is -2.37. The molecule has 1 aliphatic heterocycles. The Balaban J connectivity index is 1.69. The molecule has 0 fully saturated rings. The lowest BCUT2D eigenvalue weighted by molar-refractivity contribution is -0.151. The van der Waals surface area contributed by atoms with Gasteiger partial charge in [0.1, 0.15) is 12.4 Å². The van der Waals surface area contributed by atoms with Crippen molar-refractivity contribution >= 4 is 35.2 Å². The summed E-state index contributed by atoms with van der Waals surface area (Å²) < 4.78 is 16.0. The standard InChI is InChI=1S/C23H19ClO6/c1-14-11-19(26)22(23(27)30-14)18(25)9-5-15-6-10-20(21(12-15)28-2)29-13-16-3-7-17(24)8-4-16/h3-12,22H,13H2,1-2H3. The van der Waals surface area contributed by atoms with E-state index in [0.29, 0.717) is 28.7 Å². The minimum atomic E-state index is -1.46. The molecule has 0 aliphatic carbocycles. The van der Waals surface area contributed by atoms with Crippen LogP contribution in [0.15, 0.2) is 60.4 Å². The smallest absolute Gasteiger partial charge is 0.329 e. The molecule has 0 amide bonds. The maximum atomic E-state index is 12.3. The van der Waals surface area contributed by atoms with E-state index in [1.54, 1.807) is 30.3 Å². The van der Waals surface area contributed by atoms with Crippen LogP contribution in [0.5, 0.6) is 11.5 Å². The zero-order valence-corrected chi connectivity index (χ0v) is 17.1. The lowest BCUT2D eigenvalue weighted by Crippen LogP contribution is -2.34. The monoisotopic (exact) mass is 426 g/mol. The van der Waals surface area contributed by atoms with Crippen molar-refractivity contribution in [2.75, 3.05) is 7.11 Å². The SMILES string of the molecule is COc1cc(C=CC(=O)C2C(=O)C=C(C)OC2=O)ccc1OCc1ccc(Cl)cc1. The average Bonchev–Trinajstić information content (AvgIpc) is 2.71. The van der Waals surface area contributed by atoms with E-state index in [2.05, 4.69) is 0 Å². The Bertz CT molecular complexity index is 1040. The summed E-state index contributed by atoms with van der Waals surface area (Å²) >= 11 is 5.88. The van der Waals surface area contributed by atoms with Crippen LogP contribution in [0.25, 0.3) is 6.08 Å². The summed E-state index contributed by atoms with van der Waals surface area (Å²) in [6, 6.07) is 12.4. The van der Waals surface area contributed by atoms with Gasteiger partial charge in [-0.2, -0.15) is 0 Å². The minimum Gasteiger partial charge on any atom is -0.493 e. The summed E-state index contributed by atoms with van der Waals surface area (Å²) in [6.45, 7) is 1.81. The molecular weight excluding hydrogens is 408 g/mol. The largest absolute Gasteiger partial charge is 0.493 e. The van der Waals surface area contributed by atoms with Crippen molar-refractivity contribution in [2.24, 2.45) is 5.92 Å². The molecule has 0 bridgehead atoms. The highest BCUT2D eigenvalue weighted by atomic mass is 35.5. The minimum absolute atomic E-state index is 0.178. The van der Waals surface area contributed by atoms with E-state index in [4.69, 9.17) is 25.8 Å². The Morgan fingerprint density at radius 1 is 1.13 bits per heavy atom. The van der Waals surface area contributed by atoms with Gasteiger partial charge in [-0.1, -0.05) is 35.9 Å². The highest BCUT2D eigenvalue weighted by Gasteiger charge is 2.36. The number of halogens is 1. The van der Waals surface area contributed by atoms with Crippen LogP contribution in [0.3, 0.4) is 0 Å². The Hall–Kier alpha value is -3.38. The lowest BCUT2D eigenvalue weighted by atomic mass is 9.96. The molecule has 2 aromatic carbocycles. The first-order chi connectivity index (χ1) is 14.4. The summed E-state index contributed by atoms with van der Waals surface area (Å²) in [5.41, 5.74) is 1.59. The second-order valence-corrected chi connectivity index (χ2v) is 7.01. The molecule has 7 heteroatoms. The molecule has 3 rings (SSSR count). The molecule has 1 aliphatic rings. The van der Waals surface area contributed by atoms with Gasteiger partial charge in [0.25, 0.3) is 0 Å². The molecule has 6 nitrogen and oxygen atoms in total. The maximum Gasteiger partial charge on any atom is 0.329 e. The number of esters is 1. The van der Waals surface area contributed by atoms with E-state index < -0.39 is 23.5 Å². The Morgan fingerprint density at radius 2 is 1.87 bits per heavy atom. The maximum absolute atomic E-state index is 12.3. The molecule has 2 aromatic rings. The van der Waals surface area contributed by atoms with Crippen molar-refractivity contribution in [1.82, 2.24) is 0 Å². The molecule has 0 aromatic heterocycles. The molecular formula is C23H19ClO6. The number of ketones is 2. The van der Waals surface area contributed by atoms with Crippen LogP contribution in [-0.2, 0) is 25.7 Å². The fourth-order valence-electron chi connectivity index (χ4n) is 2.83. The third-order valence-electron chi connectivity index (χ3n) is 4.35. The lowest BCUT2D eigenvalue weighted by Gasteiger charge is -2.15. The van der Waals surface area contributed by atoms with E-state index in [-0.39, 0.29) is 5.76 Å². The molecule has 0 saturated heterocycles. The van der Waals surface area contributed by atoms with Crippen LogP contribution >= 0.6 is 11.6 Å². The van der Waals surface area contributed by atoms with Crippen molar-refractivity contribution in [1.29, 1.82) is 0 Å². The summed E-state index contributed by atoms with van der Waals surface area (Å²) in [5, 5.41) is 0.649. The van der Waals surface area contributed by atoms with Gasteiger partial charge in [-0.05, 0) is 48.4 Å². The Labute approximate surface area is 178 Å². The first kappa shape index (κ1) is 21.3. The number of methoxy groups -OCH3 is 1. The predicted octanol–water partition coefficient (Wildman–Crippen LogP) is 4.16. The summed E-state index contributed by atoms with van der Waals surface area (Å²) in [7, 11) is 1.51. The number of hydrogen-bond donors (Lipinski definition) is 0. The van der Waals surface area contributed by atoms with Gasteiger partial charge in [0.2, 0.25) is 0 Å². The fourth-order valence-corrected chi connectivity index (χ4v) is 2.95. The zero-order valence-electron chi connectivity index (χ0n) is 16.4. The van der Waals surface area contributed by atoms with E-state index in [1.807, 2.05) is 12.1 Å². The number of ether oxygens (including phenoxy) is 3. The molecule has 0 radical (unpaired) electrons. The highest BCUT2D eigenvalue weighted by Crippen LogP contribution is 2.29. The van der Waals surface area contributed by atoms with Crippen molar-refractivity contribution in [3.05, 3.63) is 76.5 Å². The summed E-state index contributed by atoms with van der Waals surface area (Å²) in [4.78, 5) is 36.1. The number of carbonyl (C=O) groups excluding carboxylic acids is 3. The highest BCUT2D eigenvalue weighted by molar-refractivity contribution is 6.30. The van der Waals surface area contributed by atoms with Gasteiger partial charge in [-0.25, -0.2) is 0 Å².